The molecule has 2 rings (SSSR count). The lowest BCUT2D eigenvalue weighted by molar-refractivity contribution is 0.368. The number of aryl methyl sites for hydroxylation is 1. The van der Waals surface area contributed by atoms with E-state index in [2.05, 4.69) is 58.9 Å². The first kappa shape index (κ1) is 22.5. The SMILES string of the molecule is CCC(CC)c1cc(CNC(=NC)NCCCc2ccccc2)on1.I. The zero-order valence-electron chi connectivity index (χ0n) is 16.0. The van der Waals surface area contributed by atoms with E-state index in [0.717, 1.165) is 49.6 Å². The highest BCUT2D eigenvalue weighted by Crippen LogP contribution is 2.22. The van der Waals surface area contributed by atoms with E-state index >= 15 is 0 Å². The van der Waals surface area contributed by atoms with Gasteiger partial charge in [-0.3, -0.25) is 4.99 Å². The Morgan fingerprint density at radius 3 is 2.54 bits per heavy atom. The van der Waals surface area contributed by atoms with Crippen LogP contribution in [-0.2, 0) is 13.0 Å². The second-order valence-corrected chi connectivity index (χ2v) is 6.17. The van der Waals surface area contributed by atoms with Crippen LogP contribution in [0.3, 0.4) is 0 Å². The highest BCUT2D eigenvalue weighted by Gasteiger charge is 2.13. The molecule has 2 N–H and O–H groups in total. The third-order valence-corrected chi connectivity index (χ3v) is 4.41. The summed E-state index contributed by atoms with van der Waals surface area (Å²) in [5.41, 5.74) is 2.41. The molecular weight excluding hydrogens is 439 g/mol. The van der Waals surface area contributed by atoms with E-state index in [1.165, 1.54) is 5.56 Å². The molecule has 0 saturated heterocycles. The van der Waals surface area contributed by atoms with Crippen LogP contribution < -0.4 is 10.6 Å². The quantitative estimate of drug-likeness (QED) is 0.245. The first-order valence-electron chi connectivity index (χ1n) is 9.20. The van der Waals surface area contributed by atoms with Gasteiger partial charge in [0.1, 0.15) is 0 Å². The molecule has 0 aliphatic carbocycles. The largest absolute Gasteiger partial charge is 0.359 e. The molecule has 0 radical (unpaired) electrons. The van der Waals surface area contributed by atoms with E-state index in [1.54, 1.807) is 7.05 Å². The summed E-state index contributed by atoms with van der Waals surface area (Å²) < 4.78 is 5.43. The highest BCUT2D eigenvalue weighted by molar-refractivity contribution is 14.0. The van der Waals surface area contributed by atoms with Crippen molar-refractivity contribution in [1.29, 1.82) is 0 Å². The van der Waals surface area contributed by atoms with E-state index < -0.39 is 0 Å². The van der Waals surface area contributed by atoms with Crippen molar-refractivity contribution in [3.8, 4) is 0 Å². The Bertz CT molecular complexity index is 638. The maximum Gasteiger partial charge on any atom is 0.191 e. The van der Waals surface area contributed by atoms with Gasteiger partial charge >= 0.3 is 0 Å². The van der Waals surface area contributed by atoms with Crippen molar-refractivity contribution in [2.45, 2.75) is 52.0 Å². The molecule has 26 heavy (non-hydrogen) atoms. The summed E-state index contributed by atoms with van der Waals surface area (Å²) in [4.78, 5) is 4.25. The summed E-state index contributed by atoms with van der Waals surface area (Å²) >= 11 is 0. The minimum Gasteiger partial charge on any atom is -0.359 e. The van der Waals surface area contributed by atoms with Gasteiger partial charge < -0.3 is 15.2 Å². The van der Waals surface area contributed by atoms with Gasteiger partial charge in [-0.05, 0) is 31.2 Å². The predicted octanol–water partition coefficient (Wildman–Crippen LogP) is 4.49. The third-order valence-electron chi connectivity index (χ3n) is 4.41. The fourth-order valence-corrected chi connectivity index (χ4v) is 2.85. The molecule has 0 aliphatic rings. The van der Waals surface area contributed by atoms with Gasteiger partial charge in [0.2, 0.25) is 0 Å². The highest BCUT2D eigenvalue weighted by atomic mass is 127. The number of halogens is 1. The van der Waals surface area contributed by atoms with Gasteiger partial charge in [-0.25, -0.2) is 0 Å². The second-order valence-electron chi connectivity index (χ2n) is 6.17. The smallest absolute Gasteiger partial charge is 0.191 e. The fraction of sp³-hybridized carbons (Fsp3) is 0.500. The van der Waals surface area contributed by atoms with Gasteiger partial charge in [-0.15, -0.1) is 24.0 Å². The molecule has 0 unspecified atom stereocenters. The van der Waals surface area contributed by atoms with Gasteiger partial charge in [-0.2, -0.15) is 0 Å². The number of hydrogen-bond donors (Lipinski definition) is 2. The Morgan fingerprint density at radius 1 is 1.15 bits per heavy atom. The van der Waals surface area contributed by atoms with E-state index in [1.807, 2.05) is 12.1 Å². The van der Waals surface area contributed by atoms with E-state index in [4.69, 9.17) is 4.52 Å². The molecule has 1 heterocycles. The summed E-state index contributed by atoms with van der Waals surface area (Å²) in [6.07, 6.45) is 4.29. The van der Waals surface area contributed by atoms with Crippen LogP contribution in [0.15, 0.2) is 45.9 Å². The summed E-state index contributed by atoms with van der Waals surface area (Å²) in [7, 11) is 1.78. The molecule has 2 aromatic rings. The monoisotopic (exact) mass is 470 g/mol. The molecule has 144 valence electrons. The van der Waals surface area contributed by atoms with Crippen molar-refractivity contribution in [3.63, 3.8) is 0 Å². The van der Waals surface area contributed by atoms with Crippen LogP contribution in [0, 0.1) is 0 Å². The topological polar surface area (TPSA) is 62.5 Å². The number of rotatable bonds is 9. The van der Waals surface area contributed by atoms with Gasteiger partial charge in [0.25, 0.3) is 0 Å². The van der Waals surface area contributed by atoms with Crippen LogP contribution in [-0.4, -0.2) is 24.7 Å². The van der Waals surface area contributed by atoms with Gasteiger partial charge in [0, 0.05) is 25.6 Å². The van der Waals surface area contributed by atoms with Crippen molar-refractivity contribution in [3.05, 3.63) is 53.4 Å². The molecule has 0 amide bonds. The second kappa shape index (κ2) is 12.7. The fourth-order valence-electron chi connectivity index (χ4n) is 2.85. The van der Waals surface area contributed by atoms with Crippen LogP contribution in [0.25, 0.3) is 0 Å². The minimum atomic E-state index is 0. The molecule has 6 heteroatoms. The van der Waals surface area contributed by atoms with Gasteiger partial charge in [0.05, 0.1) is 12.2 Å². The molecule has 0 atom stereocenters. The van der Waals surface area contributed by atoms with Gasteiger partial charge in [-0.1, -0.05) is 49.3 Å². The Balaban J connectivity index is 0.00000338. The van der Waals surface area contributed by atoms with Crippen LogP contribution in [0.1, 0.15) is 56.0 Å². The third kappa shape index (κ3) is 7.35. The van der Waals surface area contributed by atoms with Crippen molar-refractivity contribution in [2.75, 3.05) is 13.6 Å². The molecule has 1 aromatic heterocycles. The summed E-state index contributed by atoms with van der Waals surface area (Å²) in [6.45, 7) is 5.83. The molecule has 1 aromatic carbocycles. The maximum absolute atomic E-state index is 5.43. The Morgan fingerprint density at radius 2 is 1.88 bits per heavy atom. The van der Waals surface area contributed by atoms with Crippen LogP contribution in [0.2, 0.25) is 0 Å². The number of aliphatic imine (C=N–C) groups is 1. The summed E-state index contributed by atoms with van der Waals surface area (Å²) in [5, 5.41) is 10.8. The number of hydrogen-bond acceptors (Lipinski definition) is 3. The Kier molecular flexibility index (Phi) is 11.0. The van der Waals surface area contributed by atoms with Crippen LogP contribution in [0.5, 0.6) is 0 Å². The Labute approximate surface area is 174 Å². The summed E-state index contributed by atoms with van der Waals surface area (Å²) in [5.74, 6) is 2.11. The van der Waals surface area contributed by atoms with Crippen LogP contribution in [0.4, 0.5) is 0 Å². The standard InChI is InChI=1S/C20H30N4O.HI/c1-4-17(5-2)19-14-18(25-24-19)15-23-20(21-3)22-13-9-12-16-10-7-6-8-11-16;/h6-8,10-11,14,17H,4-5,9,12-13,15H2,1-3H3,(H2,21,22,23);1H. The van der Waals surface area contributed by atoms with Crippen molar-refractivity contribution in [2.24, 2.45) is 4.99 Å². The average Bonchev–Trinajstić information content (AvgIpc) is 3.12. The molecule has 0 saturated carbocycles. The first-order chi connectivity index (χ1) is 12.3. The van der Waals surface area contributed by atoms with Crippen LogP contribution >= 0.6 is 24.0 Å². The number of aromatic nitrogens is 1. The maximum atomic E-state index is 5.43. The van der Waals surface area contributed by atoms with Crippen molar-refractivity contribution in [1.82, 2.24) is 15.8 Å². The molecule has 0 aliphatic heterocycles. The van der Waals surface area contributed by atoms with E-state index in [0.29, 0.717) is 12.5 Å². The number of nitrogens with one attached hydrogen (secondary N) is 2. The van der Waals surface area contributed by atoms with Crippen molar-refractivity contribution < 1.29 is 4.52 Å². The molecule has 5 nitrogen and oxygen atoms in total. The molecule has 0 fully saturated rings. The van der Waals surface area contributed by atoms with Crippen molar-refractivity contribution >= 4 is 29.9 Å². The first-order valence-corrected chi connectivity index (χ1v) is 9.20. The lowest BCUT2D eigenvalue weighted by atomic mass is 9.99. The number of guanidine groups is 1. The Hall–Kier alpha value is -1.57. The molecule has 0 bridgehead atoms. The average molecular weight is 470 g/mol. The lowest BCUT2D eigenvalue weighted by Crippen LogP contribution is -2.37. The van der Waals surface area contributed by atoms with E-state index in [9.17, 15) is 0 Å². The molecule has 0 spiro atoms. The number of benzene rings is 1. The van der Waals surface area contributed by atoms with E-state index in [-0.39, 0.29) is 24.0 Å². The minimum absolute atomic E-state index is 0. The lowest BCUT2D eigenvalue weighted by Gasteiger charge is -2.10. The summed E-state index contributed by atoms with van der Waals surface area (Å²) in [6, 6.07) is 12.6. The normalized spacial score (nSPS) is 11.3. The zero-order chi connectivity index (χ0) is 17.9. The number of nitrogens with zero attached hydrogens (tertiary/aromatic N) is 2. The molecular formula is C20H31IN4O. The van der Waals surface area contributed by atoms with Gasteiger partial charge in [0.15, 0.2) is 11.7 Å². The predicted molar refractivity (Wildman–Crippen MR) is 118 cm³/mol. The zero-order valence-corrected chi connectivity index (χ0v) is 18.3.